The quantitative estimate of drug-likeness (QED) is 0.628. The molecule has 3 rings (SSSR count). The highest BCUT2D eigenvalue weighted by molar-refractivity contribution is 7.10. The van der Waals surface area contributed by atoms with Crippen LogP contribution in [0.2, 0.25) is 0 Å². The molecule has 1 aromatic heterocycles. The van der Waals surface area contributed by atoms with E-state index in [1.807, 2.05) is 29.6 Å². The zero-order valence-electron chi connectivity index (χ0n) is 15.3. The summed E-state index contributed by atoms with van der Waals surface area (Å²) in [6.07, 6.45) is 0. The van der Waals surface area contributed by atoms with E-state index in [1.165, 1.54) is 10.4 Å². The Labute approximate surface area is 162 Å². The van der Waals surface area contributed by atoms with Gasteiger partial charge in [0.1, 0.15) is 17.5 Å². The highest BCUT2D eigenvalue weighted by Gasteiger charge is 2.20. The second-order valence-corrected chi connectivity index (χ2v) is 6.94. The molecule has 1 amide bonds. The van der Waals surface area contributed by atoms with Crippen molar-refractivity contribution in [3.8, 4) is 11.5 Å². The molecule has 140 valence electrons. The van der Waals surface area contributed by atoms with Gasteiger partial charge in [-0.15, -0.1) is 11.3 Å². The average Bonchev–Trinajstić information content (AvgIpc) is 3.24. The fourth-order valence-electron chi connectivity index (χ4n) is 2.87. The molecule has 0 spiro atoms. The lowest BCUT2D eigenvalue weighted by Gasteiger charge is -2.15. The number of hydrogen-bond acceptors (Lipinski definition) is 4. The molecule has 0 fully saturated rings. The Kier molecular flexibility index (Phi) is 6.46. The molecule has 0 aliphatic heterocycles. The Morgan fingerprint density at radius 3 is 2.56 bits per heavy atom. The number of rotatable bonds is 8. The van der Waals surface area contributed by atoms with E-state index in [9.17, 15) is 4.79 Å². The fraction of sp³-hybridized carbons (Fsp3) is 0.190. The maximum Gasteiger partial charge on any atom is 0.279 e. The van der Waals surface area contributed by atoms with Crippen molar-refractivity contribution in [3.05, 3.63) is 76.5 Å². The Morgan fingerprint density at radius 1 is 1.07 bits per heavy atom. The van der Waals surface area contributed by atoms with Crippen LogP contribution >= 0.6 is 11.3 Å². The van der Waals surface area contributed by atoms with E-state index >= 15 is 0 Å². The number of benzene rings is 2. The lowest BCUT2D eigenvalue weighted by molar-refractivity contribution is -0.675. The molecule has 0 saturated heterocycles. The summed E-state index contributed by atoms with van der Waals surface area (Å²) in [5, 5.41) is 7.02. The number of nitrogens with one attached hydrogen (secondary N) is 1. The second kappa shape index (κ2) is 9.21. The lowest BCUT2D eigenvalue weighted by atomic mass is 10.1. The van der Waals surface area contributed by atoms with Gasteiger partial charge in [-0.1, -0.05) is 36.4 Å². The van der Waals surface area contributed by atoms with E-state index in [0.29, 0.717) is 23.7 Å². The summed E-state index contributed by atoms with van der Waals surface area (Å²) >= 11 is 1.69. The molecule has 0 aliphatic carbocycles. The van der Waals surface area contributed by atoms with Gasteiger partial charge in [-0.05, 0) is 23.6 Å². The van der Waals surface area contributed by atoms with Crippen molar-refractivity contribution in [2.45, 2.75) is 6.04 Å². The number of methoxy groups -OCH3 is 2. The van der Waals surface area contributed by atoms with Crippen molar-refractivity contribution in [2.24, 2.45) is 0 Å². The summed E-state index contributed by atoms with van der Waals surface area (Å²) in [7, 11) is 3.16. The van der Waals surface area contributed by atoms with Crippen molar-refractivity contribution in [3.63, 3.8) is 0 Å². The van der Waals surface area contributed by atoms with E-state index in [-0.39, 0.29) is 11.9 Å². The van der Waals surface area contributed by atoms with Crippen LogP contribution < -0.4 is 20.1 Å². The highest BCUT2D eigenvalue weighted by Crippen LogP contribution is 2.29. The number of hydrogen-bond donors (Lipinski definition) is 2. The van der Waals surface area contributed by atoms with E-state index in [1.54, 1.807) is 43.8 Å². The zero-order valence-corrected chi connectivity index (χ0v) is 16.2. The number of quaternary nitrogens is 1. The third kappa shape index (κ3) is 4.87. The third-order valence-corrected chi connectivity index (χ3v) is 5.19. The molecule has 3 N–H and O–H groups in total. The smallest absolute Gasteiger partial charge is 0.279 e. The minimum Gasteiger partial charge on any atom is -0.497 e. The molecule has 27 heavy (non-hydrogen) atoms. The summed E-state index contributed by atoms with van der Waals surface area (Å²) in [6, 6.07) is 19.8. The monoisotopic (exact) mass is 383 g/mol. The average molecular weight is 383 g/mol. The molecule has 6 heteroatoms. The number of amides is 1. The van der Waals surface area contributed by atoms with Crippen molar-refractivity contribution in [2.75, 3.05) is 26.1 Å². The van der Waals surface area contributed by atoms with Gasteiger partial charge in [0.05, 0.1) is 24.8 Å². The molecular weight excluding hydrogens is 360 g/mol. The van der Waals surface area contributed by atoms with Crippen LogP contribution in [0.15, 0.2) is 66.0 Å². The van der Waals surface area contributed by atoms with Crippen LogP contribution in [0.1, 0.15) is 16.5 Å². The first-order valence-electron chi connectivity index (χ1n) is 8.65. The molecule has 0 bridgehead atoms. The molecule has 0 aliphatic rings. The van der Waals surface area contributed by atoms with Gasteiger partial charge >= 0.3 is 0 Å². The molecule has 5 nitrogen and oxygen atoms in total. The highest BCUT2D eigenvalue weighted by atomic mass is 32.1. The lowest BCUT2D eigenvalue weighted by Crippen LogP contribution is -2.87. The minimum absolute atomic E-state index is 0.0871. The predicted molar refractivity (Wildman–Crippen MR) is 108 cm³/mol. The first kappa shape index (κ1) is 18.9. The first-order valence-corrected chi connectivity index (χ1v) is 9.52. The van der Waals surface area contributed by atoms with Crippen LogP contribution in [0.3, 0.4) is 0 Å². The van der Waals surface area contributed by atoms with Crippen molar-refractivity contribution in [1.29, 1.82) is 0 Å². The number of thiophene rings is 1. The Balaban J connectivity index is 1.68. The predicted octanol–water partition coefficient (Wildman–Crippen LogP) is 3.06. The SMILES string of the molecule is COc1ccc(NC(=O)C[NH2+][C@H](c2ccccc2)c2cccs2)c(OC)c1. The van der Waals surface area contributed by atoms with Crippen LogP contribution in [0.25, 0.3) is 0 Å². The molecule has 0 radical (unpaired) electrons. The third-order valence-electron chi connectivity index (χ3n) is 4.23. The normalized spacial score (nSPS) is 11.6. The summed E-state index contributed by atoms with van der Waals surface area (Å²) in [5.74, 6) is 1.16. The number of carbonyl (C=O) groups is 1. The van der Waals surface area contributed by atoms with Gasteiger partial charge in [-0.25, -0.2) is 0 Å². The van der Waals surface area contributed by atoms with Gasteiger partial charge in [0.15, 0.2) is 6.54 Å². The number of carbonyl (C=O) groups excluding carboxylic acids is 1. The summed E-state index contributed by atoms with van der Waals surface area (Å²) in [5.41, 5.74) is 1.80. The van der Waals surface area contributed by atoms with Crippen LogP contribution in [0.5, 0.6) is 11.5 Å². The standard InChI is InChI=1S/C21H22N2O3S/c1-25-16-10-11-17(18(13-16)26-2)23-20(24)14-22-21(19-9-6-12-27-19)15-7-4-3-5-8-15/h3-13,21-22H,14H2,1-2H3,(H,23,24)/p+1/t21-/m1/s1. The summed E-state index contributed by atoms with van der Waals surface area (Å²) in [4.78, 5) is 13.7. The van der Waals surface area contributed by atoms with Gasteiger partial charge in [-0.3, -0.25) is 4.79 Å². The first-order chi connectivity index (χ1) is 13.2. The van der Waals surface area contributed by atoms with Gasteiger partial charge in [-0.2, -0.15) is 0 Å². The van der Waals surface area contributed by atoms with Crippen LogP contribution in [-0.4, -0.2) is 26.7 Å². The van der Waals surface area contributed by atoms with Crippen LogP contribution in [0, 0.1) is 0 Å². The van der Waals surface area contributed by atoms with Gasteiger partial charge in [0.25, 0.3) is 5.91 Å². The largest absolute Gasteiger partial charge is 0.497 e. The van der Waals surface area contributed by atoms with Gasteiger partial charge in [0, 0.05) is 11.6 Å². The summed E-state index contributed by atoms with van der Waals surface area (Å²) < 4.78 is 10.5. The fourth-order valence-corrected chi connectivity index (χ4v) is 3.72. The minimum atomic E-state index is -0.0871. The zero-order chi connectivity index (χ0) is 19.1. The number of ether oxygens (including phenoxy) is 2. The van der Waals surface area contributed by atoms with Crippen molar-refractivity contribution in [1.82, 2.24) is 0 Å². The van der Waals surface area contributed by atoms with E-state index in [4.69, 9.17) is 9.47 Å². The van der Waals surface area contributed by atoms with Crippen molar-refractivity contribution < 1.29 is 19.6 Å². The topological polar surface area (TPSA) is 64.2 Å². The molecule has 0 unspecified atom stereocenters. The maximum absolute atomic E-state index is 12.5. The molecular formula is C21H23N2O3S+. The van der Waals surface area contributed by atoms with Gasteiger partial charge in [0.2, 0.25) is 0 Å². The Hall–Kier alpha value is -2.83. The van der Waals surface area contributed by atoms with Crippen LogP contribution in [0.4, 0.5) is 5.69 Å². The van der Waals surface area contributed by atoms with E-state index < -0.39 is 0 Å². The van der Waals surface area contributed by atoms with E-state index in [0.717, 1.165) is 0 Å². The van der Waals surface area contributed by atoms with E-state index in [2.05, 4.69) is 28.9 Å². The molecule has 0 saturated carbocycles. The molecule has 1 heterocycles. The number of nitrogens with two attached hydrogens (primary N) is 1. The van der Waals surface area contributed by atoms with Crippen molar-refractivity contribution >= 4 is 22.9 Å². The molecule has 1 atom stereocenters. The number of anilines is 1. The van der Waals surface area contributed by atoms with Crippen LogP contribution in [-0.2, 0) is 4.79 Å². The molecule has 2 aromatic carbocycles. The second-order valence-electron chi connectivity index (χ2n) is 5.96. The Morgan fingerprint density at radius 2 is 1.89 bits per heavy atom. The summed E-state index contributed by atoms with van der Waals surface area (Å²) in [6.45, 7) is 0.298. The Bertz CT molecular complexity index is 866. The maximum atomic E-state index is 12.5. The van der Waals surface area contributed by atoms with Gasteiger partial charge < -0.3 is 20.1 Å². The molecule has 3 aromatic rings.